The van der Waals surface area contributed by atoms with Crippen molar-refractivity contribution in [3.8, 4) is 5.75 Å². The Morgan fingerprint density at radius 2 is 1.71 bits per heavy atom. The fourth-order valence-electron chi connectivity index (χ4n) is 2.58. The van der Waals surface area contributed by atoms with Crippen LogP contribution in [0.2, 0.25) is 0 Å². The summed E-state index contributed by atoms with van der Waals surface area (Å²) in [7, 11) is 0. The van der Waals surface area contributed by atoms with Crippen LogP contribution in [0.1, 0.15) is 45.8 Å². The second-order valence-corrected chi connectivity index (χ2v) is 5.38. The Morgan fingerprint density at radius 1 is 1.05 bits per heavy atom. The number of hydrogen-bond donors (Lipinski definition) is 2. The van der Waals surface area contributed by atoms with Crippen molar-refractivity contribution in [1.82, 2.24) is 4.90 Å². The van der Waals surface area contributed by atoms with E-state index >= 15 is 0 Å². The molecule has 0 saturated carbocycles. The summed E-state index contributed by atoms with van der Waals surface area (Å²) in [6, 6.07) is 5.54. The molecule has 4 nitrogen and oxygen atoms in total. The van der Waals surface area contributed by atoms with Gasteiger partial charge in [0, 0.05) is 30.4 Å². The summed E-state index contributed by atoms with van der Waals surface area (Å²) in [5.41, 5.74) is 1.59. The second kappa shape index (κ2) is 8.90. The van der Waals surface area contributed by atoms with E-state index in [9.17, 15) is 10.2 Å². The van der Waals surface area contributed by atoms with Crippen LogP contribution < -0.4 is 4.90 Å². The van der Waals surface area contributed by atoms with E-state index < -0.39 is 6.10 Å². The van der Waals surface area contributed by atoms with Gasteiger partial charge in [-0.1, -0.05) is 19.9 Å². The smallest absolute Gasteiger partial charge is 0.123 e. The summed E-state index contributed by atoms with van der Waals surface area (Å²) in [6.45, 7) is 13.3. The van der Waals surface area contributed by atoms with Crippen LogP contribution in [-0.4, -0.2) is 47.8 Å². The third-order valence-corrected chi connectivity index (χ3v) is 4.01. The zero-order valence-corrected chi connectivity index (χ0v) is 13.8. The zero-order valence-electron chi connectivity index (χ0n) is 13.8. The molecule has 0 aliphatic carbocycles. The number of phenolic OH excluding ortho intramolecular Hbond substituents is 1. The lowest BCUT2D eigenvalue weighted by atomic mass is 10.1. The predicted octanol–water partition coefficient (Wildman–Crippen LogP) is 3.00. The number of rotatable bonds is 9. The average molecular weight is 294 g/mol. The lowest BCUT2D eigenvalue weighted by Crippen LogP contribution is -2.30. The molecular weight excluding hydrogens is 264 g/mol. The van der Waals surface area contributed by atoms with Gasteiger partial charge >= 0.3 is 0 Å². The van der Waals surface area contributed by atoms with E-state index in [0.717, 1.165) is 44.8 Å². The van der Waals surface area contributed by atoms with Crippen molar-refractivity contribution >= 4 is 5.69 Å². The van der Waals surface area contributed by atoms with Crippen LogP contribution in [0.25, 0.3) is 0 Å². The first-order valence-corrected chi connectivity index (χ1v) is 8.01. The van der Waals surface area contributed by atoms with Gasteiger partial charge < -0.3 is 20.0 Å². The SMILES string of the molecule is CCN(CC)CCCN(CC)c1ccc(C(C)O)c(O)c1. The van der Waals surface area contributed by atoms with Gasteiger partial charge in [0.25, 0.3) is 0 Å². The minimum Gasteiger partial charge on any atom is -0.507 e. The predicted molar refractivity (Wildman–Crippen MR) is 89.0 cm³/mol. The Morgan fingerprint density at radius 3 is 2.19 bits per heavy atom. The van der Waals surface area contributed by atoms with Crippen molar-refractivity contribution in [2.45, 2.75) is 40.2 Å². The van der Waals surface area contributed by atoms with Gasteiger partial charge in [-0.05, 0) is 46.0 Å². The number of phenols is 1. The standard InChI is InChI=1S/C17H30N2O2/c1-5-18(6-2)11-8-12-19(7-3)15-9-10-16(14(4)20)17(21)13-15/h9-10,13-14,20-21H,5-8,11-12H2,1-4H3. The summed E-state index contributed by atoms with van der Waals surface area (Å²) >= 11 is 0. The Hall–Kier alpha value is -1.26. The van der Waals surface area contributed by atoms with Crippen LogP contribution in [0.5, 0.6) is 5.75 Å². The number of anilines is 1. The van der Waals surface area contributed by atoms with Gasteiger partial charge in [0.15, 0.2) is 0 Å². The summed E-state index contributed by atoms with van der Waals surface area (Å²) in [5, 5.41) is 19.6. The fraction of sp³-hybridized carbons (Fsp3) is 0.647. The van der Waals surface area contributed by atoms with E-state index in [2.05, 4.69) is 30.6 Å². The minimum atomic E-state index is -0.642. The Labute approximate surface area is 129 Å². The highest BCUT2D eigenvalue weighted by Gasteiger charge is 2.11. The van der Waals surface area contributed by atoms with Gasteiger partial charge in [-0.15, -0.1) is 0 Å². The van der Waals surface area contributed by atoms with Gasteiger partial charge in [0.05, 0.1) is 6.10 Å². The molecule has 1 atom stereocenters. The number of aliphatic hydroxyl groups is 1. The highest BCUT2D eigenvalue weighted by atomic mass is 16.3. The molecule has 120 valence electrons. The maximum atomic E-state index is 10.0. The molecule has 2 N–H and O–H groups in total. The molecule has 0 aliphatic heterocycles. The summed E-state index contributed by atoms with van der Waals surface area (Å²) in [4.78, 5) is 4.68. The van der Waals surface area contributed by atoms with E-state index in [0.29, 0.717) is 5.56 Å². The second-order valence-electron chi connectivity index (χ2n) is 5.38. The van der Waals surface area contributed by atoms with Crippen molar-refractivity contribution in [3.05, 3.63) is 23.8 Å². The van der Waals surface area contributed by atoms with Crippen LogP contribution in [0.3, 0.4) is 0 Å². The van der Waals surface area contributed by atoms with E-state index in [1.807, 2.05) is 12.1 Å². The van der Waals surface area contributed by atoms with Gasteiger partial charge in [-0.25, -0.2) is 0 Å². The zero-order chi connectivity index (χ0) is 15.8. The summed E-state index contributed by atoms with van der Waals surface area (Å²) in [6.07, 6.45) is 0.464. The quantitative estimate of drug-likeness (QED) is 0.735. The van der Waals surface area contributed by atoms with Crippen LogP contribution in [-0.2, 0) is 0 Å². The molecule has 4 heteroatoms. The lowest BCUT2D eigenvalue weighted by Gasteiger charge is -2.26. The maximum absolute atomic E-state index is 10.0. The molecule has 0 spiro atoms. The molecule has 0 radical (unpaired) electrons. The molecule has 0 saturated heterocycles. The van der Waals surface area contributed by atoms with Crippen LogP contribution in [0.4, 0.5) is 5.69 Å². The highest BCUT2D eigenvalue weighted by molar-refractivity contribution is 5.53. The number of aromatic hydroxyl groups is 1. The molecule has 1 aromatic rings. The normalized spacial score (nSPS) is 12.7. The Kier molecular flexibility index (Phi) is 7.54. The first kappa shape index (κ1) is 17.8. The molecule has 0 aliphatic rings. The fourth-order valence-corrected chi connectivity index (χ4v) is 2.58. The van der Waals surface area contributed by atoms with Crippen LogP contribution in [0.15, 0.2) is 18.2 Å². The van der Waals surface area contributed by atoms with E-state index in [1.165, 1.54) is 0 Å². The molecule has 0 aromatic heterocycles. The Bertz CT molecular complexity index is 417. The maximum Gasteiger partial charge on any atom is 0.123 e. The first-order valence-electron chi connectivity index (χ1n) is 8.01. The van der Waals surface area contributed by atoms with Gasteiger partial charge in [-0.3, -0.25) is 0 Å². The number of hydrogen-bond acceptors (Lipinski definition) is 4. The van der Waals surface area contributed by atoms with Gasteiger partial charge in [0.2, 0.25) is 0 Å². The molecular formula is C17H30N2O2. The van der Waals surface area contributed by atoms with Crippen molar-refractivity contribution in [2.24, 2.45) is 0 Å². The number of aliphatic hydroxyl groups excluding tert-OH is 1. The minimum absolute atomic E-state index is 0.171. The number of benzene rings is 1. The van der Waals surface area contributed by atoms with Crippen molar-refractivity contribution < 1.29 is 10.2 Å². The third-order valence-electron chi connectivity index (χ3n) is 4.01. The third kappa shape index (κ3) is 5.21. The van der Waals surface area contributed by atoms with Crippen molar-refractivity contribution in [2.75, 3.05) is 37.6 Å². The lowest BCUT2D eigenvalue weighted by molar-refractivity contribution is 0.195. The van der Waals surface area contributed by atoms with Crippen molar-refractivity contribution in [1.29, 1.82) is 0 Å². The summed E-state index contributed by atoms with van der Waals surface area (Å²) < 4.78 is 0. The van der Waals surface area contributed by atoms with Gasteiger partial charge in [0.1, 0.15) is 5.75 Å². The largest absolute Gasteiger partial charge is 0.507 e. The van der Waals surface area contributed by atoms with Crippen LogP contribution in [0, 0.1) is 0 Å². The molecule has 0 bridgehead atoms. The Balaban J connectivity index is 2.66. The monoisotopic (exact) mass is 294 g/mol. The van der Waals surface area contributed by atoms with Crippen LogP contribution >= 0.6 is 0 Å². The van der Waals surface area contributed by atoms with Gasteiger partial charge in [-0.2, -0.15) is 0 Å². The molecule has 0 amide bonds. The van der Waals surface area contributed by atoms with E-state index in [4.69, 9.17) is 0 Å². The molecule has 1 aromatic carbocycles. The summed E-state index contributed by atoms with van der Waals surface area (Å²) in [5.74, 6) is 0.171. The first-order chi connectivity index (χ1) is 10.0. The molecule has 1 unspecified atom stereocenters. The molecule has 0 fully saturated rings. The number of nitrogens with zero attached hydrogens (tertiary/aromatic N) is 2. The molecule has 21 heavy (non-hydrogen) atoms. The van der Waals surface area contributed by atoms with E-state index in [1.54, 1.807) is 13.0 Å². The van der Waals surface area contributed by atoms with E-state index in [-0.39, 0.29) is 5.75 Å². The molecule has 1 rings (SSSR count). The van der Waals surface area contributed by atoms with Crippen molar-refractivity contribution in [3.63, 3.8) is 0 Å². The topological polar surface area (TPSA) is 46.9 Å². The molecule has 0 heterocycles. The highest BCUT2D eigenvalue weighted by Crippen LogP contribution is 2.29. The average Bonchev–Trinajstić information content (AvgIpc) is 2.47.